The number of nitrogens with zero attached hydrogens (tertiary/aromatic N) is 1. The van der Waals surface area contributed by atoms with E-state index in [-0.39, 0.29) is 0 Å². The van der Waals surface area contributed by atoms with Gasteiger partial charge in [0.2, 0.25) is 0 Å². The van der Waals surface area contributed by atoms with Gasteiger partial charge >= 0.3 is 0 Å². The van der Waals surface area contributed by atoms with Gasteiger partial charge in [0.25, 0.3) is 0 Å². The molecule has 0 amide bonds. The Kier molecular flexibility index (Phi) is 12.0. The van der Waals surface area contributed by atoms with Crippen molar-refractivity contribution in [2.24, 2.45) is 10.7 Å². The molecule has 0 fully saturated rings. The molecule has 0 unspecified atom stereocenters. The molecule has 4 heteroatoms. The second-order valence-electron chi connectivity index (χ2n) is 2.23. The van der Waals surface area contributed by atoms with Crippen LogP contribution in [0.25, 0.3) is 0 Å². The summed E-state index contributed by atoms with van der Waals surface area (Å²) in [5.41, 5.74) is 7.45. The average molecular weight is 265 g/mol. The van der Waals surface area contributed by atoms with Crippen molar-refractivity contribution in [2.45, 2.75) is 27.7 Å². The molecule has 0 aliphatic heterocycles. The van der Waals surface area contributed by atoms with Crippen LogP contribution in [0, 0.1) is 0 Å². The molecule has 0 rings (SSSR count). The molecule has 0 saturated heterocycles. The Bertz CT molecular complexity index is 200. The molecule has 84 valence electrons. The summed E-state index contributed by atoms with van der Waals surface area (Å²) in [6.07, 6.45) is 0. The minimum Gasteiger partial charge on any atom is -0.479 e. The first-order valence-corrected chi connectivity index (χ1v) is 5.90. The third kappa shape index (κ3) is 6.02. The fraction of sp³-hybridized carbons (Fsp3) is 0.700. The van der Waals surface area contributed by atoms with E-state index >= 15 is 0 Å². The van der Waals surface area contributed by atoms with Crippen molar-refractivity contribution in [1.29, 1.82) is 0 Å². The summed E-state index contributed by atoms with van der Waals surface area (Å²) in [6, 6.07) is 0. The molecule has 0 spiro atoms. The number of aliphatic imine (C=N–C) groups is 1. The Morgan fingerprint density at radius 2 is 1.93 bits per heavy atom. The Morgan fingerprint density at radius 1 is 1.43 bits per heavy atom. The van der Waals surface area contributed by atoms with Gasteiger partial charge in [-0.25, -0.2) is 0 Å². The Hall–Kier alpha value is -0.510. The van der Waals surface area contributed by atoms with Crippen molar-refractivity contribution >= 4 is 21.6 Å². The van der Waals surface area contributed by atoms with Gasteiger partial charge in [-0.05, 0) is 13.8 Å². The quantitative estimate of drug-likeness (QED) is 0.482. The number of halogens is 1. The van der Waals surface area contributed by atoms with E-state index in [4.69, 9.17) is 10.5 Å². The molecular formula is C10H21BrN2O. The summed E-state index contributed by atoms with van der Waals surface area (Å²) in [7, 11) is 1.74. The predicted molar refractivity (Wildman–Crippen MR) is 67.0 cm³/mol. The highest BCUT2D eigenvalue weighted by molar-refractivity contribution is 9.09. The largest absolute Gasteiger partial charge is 0.479 e. The van der Waals surface area contributed by atoms with Gasteiger partial charge in [-0.1, -0.05) is 29.8 Å². The Morgan fingerprint density at radius 3 is 2.21 bits per heavy atom. The van der Waals surface area contributed by atoms with Crippen LogP contribution < -0.4 is 5.73 Å². The van der Waals surface area contributed by atoms with Gasteiger partial charge < -0.3 is 10.5 Å². The standard InChI is InChI=1S/C8H15BrN2O.C2H6/c1-4-12-8(10)6(2)7(5-9)11-3;1-2/h4-5,10H2,1-3H3;1-2H3/b8-6+,11-7?;. The van der Waals surface area contributed by atoms with Crippen molar-refractivity contribution in [1.82, 2.24) is 0 Å². The van der Waals surface area contributed by atoms with Gasteiger partial charge in [0, 0.05) is 18.0 Å². The Labute approximate surface area is 95.6 Å². The highest BCUT2D eigenvalue weighted by Gasteiger charge is 2.04. The van der Waals surface area contributed by atoms with Gasteiger partial charge in [-0.3, -0.25) is 4.99 Å². The lowest BCUT2D eigenvalue weighted by molar-refractivity contribution is 0.224. The fourth-order valence-electron chi connectivity index (χ4n) is 0.734. The molecule has 0 atom stereocenters. The molecule has 0 aliphatic rings. The molecular weight excluding hydrogens is 244 g/mol. The van der Waals surface area contributed by atoms with E-state index in [1.165, 1.54) is 0 Å². The number of hydrogen-bond acceptors (Lipinski definition) is 3. The molecule has 0 heterocycles. The van der Waals surface area contributed by atoms with E-state index in [0.29, 0.717) is 17.8 Å². The number of nitrogens with two attached hydrogens (primary N) is 1. The van der Waals surface area contributed by atoms with Crippen LogP contribution in [0.1, 0.15) is 27.7 Å². The van der Waals surface area contributed by atoms with E-state index in [2.05, 4.69) is 20.9 Å². The molecule has 0 aromatic carbocycles. The summed E-state index contributed by atoms with van der Waals surface area (Å²) in [5.74, 6) is 0.456. The third-order valence-corrected chi connectivity index (χ3v) is 2.03. The first kappa shape index (κ1) is 15.9. The normalized spacial score (nSPS) is 12.6. The van der Waals surface area contributed by atoms with Crippen LogP contribution in [0.4, 0.5) is 0 Å². The van der Waals surface area contributed by atoms with Gasteiger partial charge in [-0.2, -0.15) is 0 Å². The number of rotatable bonds is 4. The van der Waals surface area contributed by atoms with Crippen molar-refractivity contribution in [3.8, 4) is 0 Å². The van der Waals surface area contributed by atoms with Crippen molar-refractivity contribution < 1.29 is 4.74 Å². The molecule has 0 aliphatic carbocycles. The average Bonchev–Trinajstić information content (AvgIpc) is 2.23. The van der Waals surface area contributed by atoms with Gasteiger partial charge in [0.05, 0.1) is 12.3 Å². The van der Waals surface area contributed by atoms with Crippen molar-refractivity contribution in [3.63, 3.8) is 0 Å². The monoisotopic (exact) mass is 264 g/mol. The van der Waals surface area contributed by atoms with Gasteiger partial charge in [-0.15, -0.1) is 0 Å². The first-order chi connectivity index (χ1) is 6.67. The van der Waals surface area contributed by atoms with E-state index < -0.39 is 0 Å². The molecule has 0 saturated carbocycles. The number of alkyl halides is 1. The molecule has 0 aromatic heterocycles. The lowest BCUT2D eigenvalue weighted by Gasteiger charge is -2.08. The van der Waals surface area contributed by atoms with Crippen molar-refractivity contribution in [3.05, 3.63) is 11.5 Å². The van der Waals surface area contributed by atoms with E-state index in [1.807, 2.05) is 27.7 Å². The maximum absolute atomic E-state index is 5.64. The summed E-state index contributed by atoms with van der Waals surface area (Å²) < 4.78 is 5.14. The predicted octanol–water partition coefficient (Wildman–Crippen LogP) is 2.71. The summed E-state index contributed by atoms with van der Waals surface area (Å²) >= 11 is 3.32. The maximum atomic E-state index is 5.64. The molecule has 14 heavy (non-hydrogen) atoms. The van der Waals surface area contributed by atoms with Gasteiger partial charge in [0.15, 0.2) is 5.88 Å². The summed E-state index contributed by atoms with van der Waals surface area (Å²) in [5, 5.41) is 0.698. The molecule has 3 nitrogen and oxygen atoms in total. The molecule has 0 radical (unpaired) electrons. The lowest BCUT2D eigenvalue weighted by Crippen LogP contribution is -2.12. The zero-order valence-corrected chi connectivity index (χ0v) is 11.3. The van der Waals surface area contributed by atoms with E-state index in [0.717, 1.165) is 11.3 Å². The number of hydrogen-bond donors (Lipinski definition) is 1. The van der Waals surface area contributed by atoms with Crippen LogP contribution in [0.3, 0.4) is 0 Å². The van der Waals surface area contributed by atoms with Crippen LogP contribution in [0.2, 0.25) is 0 Å². The summed E-state index contributed by atoms with van der Waals surface area (Å²) in [4.78, 5) is 4.06. The first-order valence-electron chi connectivity index (χ1n) is 4.78. The SMILES string of the molecule is CC.CCO/C(N)=C(\C)C(CBr)=NC. The Balaban J connectivity index is 0. The fourth-order valence-corrected chi connectivity index (χ4v) is 1.40. The second-order valence-corrected chi connectivity index (χ2v) is 2.79. The van der Waals surface area contributed by atoms with Gasteiger partial charge in [0.1, 0.15) is 0 Å². The minimum atomic E-state index is 0.456. The maximum Gasteiger partial charge on any atom is 0.188 e. The lowest BCUT2D eigenvalue weighted by atomic mass is 10.2. The second kappa shape index (κ2) is 10.6. The molecule has 0 bridgehead atoms. The van der Waals surface area contributed by atoms with E-state index in [1.54, 1.807) is 7.05 Å². The molecule has 0 aromatic rings. The third-order valence-electron chi connectivity index (χ3n) is 1.50. The minimum absolute atomic E-state index is 0.456. The van der Waals surface area contributed by atoms with Crippen LogP contribution in [-0.4, -0.2) is 24.7 Å². The van der Waals surface area contributed by atoms with Crippen LogP contribution in [-0.2, 0) is 4.74 Å². The highest BCUT2D eigenvalue weighted by Crippen LogP contribution is 2.05. The zero-order chi connectivity index (χ0) is 11.6. The number of allylic oxidation sites excluding steroid dienone is 1. The zero-order valence-electron chi connectivity index (χ0n) is 9.72. The molecule has 2 N–H and O–H groups in total. The van der Waals surface area contributed by atoms with Crippen molar-refractivity contribution in [2.75, 3.05) is 19.0 Å². The highest BCUT2D eigenvalue weighted by atomic mass is 79.9. The summed E-state index contributed by atoms with van der Waals surface area (Å²) in [6.45, 7) is 8.38. The van der Waals surface area contributed by atoms with Crippen LogP contribution in [0.15, 0.2) is 16.4 Å². The topological polar surface area (TPSA) is 47.6 Å². The number of ether oxygens (including phenoxy) is 1. The van der Waals surface area contributed by atoms with Crippen LogP contribution in [0.5, 0.6) is 0 Å². The van der Waals surface area contributed by atoms with E-state index in [9.17, 15) is 0 Å². The van der Waals surface area contributed by atoms with Crippen LogP contribution >= 0.6 is 15.9 Å². The smallest absolute Gasteiger partial charge is 0.188 e.